The van der Waals surface area contributed by atoms with Crippen LogP contribution in [0.3, 0.4) is 0 Å². The van der Waals surface area contributed by atoms with Crippen molar-refractivity contribution in [2.24, 2.45) is 0 Å². The summed E-state index contributed by atoms with van der Waals surface area (Å²) in [6.45, 7) is 2.05. The standard InChI is InChI=1S/C17H17N3O6/c1-10-12(16(22)26-7-6-24-2)8-13-14(18-10)20(17(23)19-15(13)21)9-11-4-3-5-25-11/h3-5,8H,6-7,9H2,1-2H3,(H,19,21,23). The molecule has 1 N–H and O–H groups in total. The van der Waals surface area contributed by atoms with Gasteiger partial charge in [0, 0.05) is 7.11 Å². The van der Waals surface area contributed by atoms with Gasteiger partial charge in [-0.3, -0.25) is 14.3 Å². The number of aryl methyl sites for hydroxylation is 1. The van der Waals surface area contributed by atoms with Crippen LogP contribution in [0.5, 0.6) is 0 Å². The van der Waals surface area contributed by atoms with Crippen LogP contribution in [0, 0.1) is 6.92 Å². The highest BCUT2D eigenvalue weighted by atomic mass is 16.6. The molecule has 0 unspecified atom stereocenters. The third-order valence-corrected chi connectivity index (χ3v) is 3.79. The molecule has 3 aromatic rings. The van der Waals surface area contributed by atoms with Gasteiger partial charge in [0.15, 0.2) is 0 Å². The van der Waals surface area contributed by atoms with E-state index in [0.717, 1.165) is 0 Å². The van der Waals surface area contributed by atoms with Crippen LogP contribution in [0.1, 0.15) is 21.8 Å². The Bertz CT molecular complexity index is 1050. The first-order valence-electron chi connectivity index (χ1n) is 7.84. The molecule has 0 aromatic carbocycles. The number of aromatic nitrogens is 3. The van der Waals surface area contributed by atoms with Crippen molar-refractivity contribution in [2.45, 2.75) is 13.5 Å². The number of carbonyl (C=O) groups excluding carboxylic acids is 1. The van der Waals surface area contributed by atoms with Gasteiger partial charge in [-0.1, -0.05) is 0 Å². The number of pyridine rings is 1. The minimum atomic E-state index is -0.626. The van der Waals surface area contributed by atoms with Gasteiger partial charge in [0.1, 0.15) is 18.0 Å². The number of hydrogen-bond donors (Lipinski definition) is 1. The van der Waals surface area contributed by atoms with Crippen LogP contribution in [0.15, 0.2) is 38.5 Å². The molecular formula is C17H17N3O6. The zero-order valence-corrected chi connectivity index (χ0v) is 14.3. The molecule has 9 heteroatoms. The summed E-state index contributed by atoms with van der Waals surface area (Å²) in [7, 11) is 1.49. The molecule has 3 rings (SSSR count). The normalized spacial score (nSPS) is 11.0. The van der Waals surface area contributed by atoms with E-state index in [0.29, 0.717) is 11.5 Å². The van der Waals surface area contributed by atoms with Gasteiger partial charge in [0.25, 0.3) is 5.56 Å². The van der Waals surface area contributed by atoms with Crippen molar-refractivity contribution in [3.8, 4) is 0 Å². The van der Waals surface area contributed by atoms with Gasteiger partial charge in [0.2, 0.25) is 0 Å². The minimum Gasteiger partial charge on any atom is -0.467 e. The number of hydrogen-bond acceptors (Lipinski definition) is 7. The lowest BCUT2D eigenvalue weighted by atomic mass is 10.1. The second-order valence-corrected chi connectivity index (χ2v) is 5.55. The quantitative estimate of drug-likeness (QED) is 0.512. The molecule has 0 atom stereocenters. The summed E-state index contributed by atoms with van der Waals surface area (Å²) >= 11 is 0. The van der Waals surface area contributed by atoms with Crippen molar-refractivity contribution in [3.05, 3.63) is 62.3 Å². The third kappa shape index (κ3) is 3.42. The lowest BCUT2D eigenvalue weighted by Crippen LogP contribution is -2.31. The summed E-state index contributed by atoms with van der Waals surface area (Å²) < 4.78 is 16.4. The molecule has 0 spiro atoms. The van der Waals surface area contributed by atoms with Crippen LogP contribution in [0.2, 0.25) is 0 Å². The predicted octanol–water partition coefficient (Wildman–Crippen LogP) is 0.838. The number of aromatic amines is 1. The second-order valence-electron chi connectivity index (χ2n) is 5.55. The lowest BCUT2D eigenvalue weighted by Gasteiger charge is -2.11. The van der Waals surface area contributed by atoms with E-state index in [4.69, 9.17) is 13.9 Å². The highest BCUT2D eigenvalue weighted by Gasteiger charge is 2.18. The number of ether oxygens (including phenoxy) is 2. The Morgan fingerprint density at radius 3 is 2.85 bits per heavy atom. The maximum absolute atomic E-state index is 12.2. The van der Waals surface area contributed by atoms with E-state index in [-0.39, 0.29) is 36.4 Å². The Hall–Kier alpha value is -3.20. The maximum Gasteiger partial charge on any atom is 0.340 e. The molecule has 3 aromatic heterocycles. The van der Waals surface area contributed by atoms with E-state index in [1.165, 1.54) is 24.0 Å². The Balaban J connectivity index is 2.08. The number of carbonyl (C=O) groups is 1. The molecule has 136 valence electrons. The zero-order valence-electron chi connectivity index (χ0n) is 14.3. The average molecular weight is 359 g/mol. The first kappa shape index (κ1) is 17.6. The van der Waals surface area contributed by atoms with Crippen LogP contribution in [0.4, 0.5) is 0 Å². The van der Waals surface area contributed by atoms with Crippen molar-refractivity contribution in [3.63, 3.8) is 0 Å². The van der Waals surface area contributed by atoms with Gasteiger partial charge in [-0.25, -0.2) is 14.6 Å². The number of H-pyrrole nitrogens is 1. The molecule has 26 heavy (non-hydrogen) atoms. The minimum absolute atomic E-state index is 0.0845. The second kappa shape index (κ2) is 7.36. The van der Waals surface area contributed by atoms with Crippen molar-refractivity contribution in [2.75, 3.05) is 20.3 Å². The van der Waals surface area contributed by atoms with Gasteiger partial charge in [-0.05, 0) is 25.1 Å². The summed E-state index contributed by atoms with van der Waals surface area (Å²) in [5, 5.41) is 0.112. The molecule has 0 radical (unpaired) electrons. The third-order valence-electron chi connectivity index (χ3n) is 3.79. The number of rotatable bonds is 6. The number of fused-ring (bicyclic) bond motifs is 1. The number of methoxy groups -OCH3 is 1. The number of nitrogens with zero attached hydrogens (tertiary/aromatic N) is 2. The number of furan rings is 1. The summed E-state index contributed by atoms with van der Waals surface area (Å²) in [5.74, 6) is -0.0833. The molecule has 0 fully saturated rings. The fourth-order valence-electron chi connectivity index (χ4n) is 2.50. The van der Waals surface area contributed by atoms with Crippen molar-refractivity contribution in [1.29, 1.82) is 0 Å². The molecule has 0 aliphatic carbocycles. The molecule has 0 bridgehead atoms. The van der Waals surface area contributed by atoms with Gasteiger partial charge in [-0.15, -0.1) is 0 Å². The van der Waals surface area contributed by atoms with E-state index < -0.39 is 17.2 Å². The van der Waals surface area contributed by atoms with Gasteiger partial charge >= 0.3 is 11.7 Å². The summed E-state index contributed by atoms with van der Waals surface area (Å²) in [6.07, 6.45) is 1.49. The monoisotopic (exact) mass is 359 g/mol. The highest BCUT2D eigenvalue weighted by molar-refractivity contribution is 5.94. The molecule has 0 aliphatic rings. The molecule has 0 saturated carbocycles. The Morgan fingerprint density at radius 1 is 1.35 bits per heavy atom. The first-order valence-corrected chi connectivity index (χ1v) is 7.84. The fourth-order valence-corrected chi connectivity index (χ4v) is 2.50. The fraction of sp³-hybridized carbons (Fsp3) is 0.294. The van der Waals surface area contributed by atoms with Crippen LogP contribution >= 0.6 is 0 Å². The summed E-state index contributed by atoms with van der Waals surface area (Å²) in [4.78, 5) is 43.1. The van der Waals surface area contributed by atoms with Crippen LogP contribution in [-0.4, -0.2) is 40.8 Å². The van der Waals surface area contributed by atoms with E-state index >= 15 is 0 Å². The molecule has 3 heterocycles. The summed E-state index contributed by atoms with van der Waals surface area (Å²) in [5.41, 5.74) is -0.568. The molecule has 0 aliphatic heterocycles. The lowest BCUT2D eigenvalue weighted by molar-refractivity contribution is 0.0387. The van der Waals surface area contributed by atoms with Crippen molar-refractivity contribution < 1.29 is 18.7 Å². The highest BCUT2D eigenvalue weighted by Crippen LogP contribution is 2.15. The van der Waals surface area contributed by atoms with E-state index in [2.05, 4.69) is 9.97 Å². The molecule has 0 saturated heterocycles. The first-order chi connectivity index (χ1) is 12.5. The summed E-state index contributed by atoms with van der Waals surface area (Å²) in [6, 6.07) is 4.78. The van der Waals surface area contributed by atoms with E-state index in [1.54, 1.807) is 19.1 Å². The molecular weight excluding hydrogens is 342 g/mol. The maximum atomic E-state index is 12.2. The topological polar surface area (TPSA) is 116 Å². The molecule has 9 nitrogen and oxygen atoms in total. The predicted molar refractivity (Wildman–Crippen MR) is 91.3 cm³/mol. The smallest absolute Gasteiger partial charge is 0.340 e. The molecule has 0 amide bonds. The Labute approximate surface area is 147 Å². The van der Waals surface area contributed by atoms with Crippen LogP contribution < -0.4 is 11.2 Å². The van der Waals surface area contributed by atoms with Crippen LogP contribution in [-0.2, 0) is 16.0 Å². The van der Waals surface area contributed by atoms with Gasteiger partial charge in [0.05, 0.1) is 36.1 Å². The van der Waals surface area contributed by atoms with Crippen LogP contribution in [0.25, 0.3) is 11.0 Å². The Kier molecular flexibility index (Phi) is 4.99. The zero-order chi connectivity index (χ0) is 18.7. The number of esters is 1. The van der Waals surface area contributed by atoms with Crippen molar-refractivity contribution in [1.82, 2.24) is 14.5 Å². The van der Waals surface area contributed by atoms with Crippen molar-refractivity contribution >= 4 is 17.0 Å². The Morgan fingerprint density at radius 2 is 2.15 bits per heavy atom. The van der Waals surface area contributed by atoms with Gasteiger partial charge < -0.3 is 13.9 Å². The van der Waals surface area contributed by atoms with Gasteiger partial charge in [-0.2, -0.15) is 0 Å². The largest absolute Gasteiger partial charge is 0.467 e. The van der Waals surface area contributed by atoms with E-state index in [9.17, 15) is 14.4 Å². The van der Waals surface area contributed by atoms with E-state index in [1.807, 2.05) is 0 Å². The average Bonchev–Trinajstić information content (AvgIpc) is 3.11. The number of nitrogens with one attached hydrogen (secondary N) is 1. The SMILES string of the molecule is COCCOC(=O)c1cc2c(=O)[nH]c(=O)n(Cc3ccco3)c2nc1C.